The lowest BCUT2D eigenvalue weighted by atomic mass is 10.2. The fourth-order valence-corrected chi connectivity index (χ4v) is 5.90. The van der Waals surface area contributed by atoms with Crippen molar-refractivity contribution in [2.45, 2.75) is 36.7 Å². The molecule has 2 unspecified atom stereocenters. The number of para-hydroxylation sites is 1. The molecule has 8 heteroatoms. The highest BCUT2D eigenvalue weighted by atomic mass is 32.2. The quantitative estimate of drug-likeness (QED) is 0.729. The molecule has 140 valence electrons. The zero-order chi connectivity index (χ0) is 18.9. The number of carbonyl (C=O) groups is 1. The molecule has 1 saturated heterocycles. The van der Waals surface area contributed by atoms with E-state index in [1.54, 1.807) is 18.1 Å². The molecule has 1 aromatic heterocycles. The maximum absolute atomic E-state index is 12.8. The third kappa shape index (κ3) is 3.96. The number of thioether (sulfide) groups is 1. The normalized spacial score (nSPS) is 20.0. The minimum Gasteiger partial charge on any atom is -0.341 e. The Balaban J connectivity index is 1.73. The van der Waals surface area contributed by atoms with E-state index in [4.69, 9.17) is 0 Å². The number of hydrogen-bond donors (Lipinski definition) is 0. The second kappa shape index (κ2) is 7.44. The molecule has 0 saturated carbocycles. The Morgan fingerprint density at radius 1 is 1.38 bits per heavy atom. The molecule has 2 atom stereocenters. The lowest BCUT2D eigenvalue weighted by molar-refractivity contribution is -0.130. The van der Waals surface area contributed by atoms with Gasteiger partial charge in [0.05, 0.1) is 22.4 Å². The van der Waals surface area contributed by atoms with Crippen molar-refractivity contribution >= 4 is 27.5 Å². The molecule has 0 aliphatic carbocycles. The fourth-order valence-electron chi connectivity index (χ4n) is 3.15. The Morgan fingerprint density at radius 3 is 2.77 bits per heavy atom. The molecular weight excluding hydrogens is 370 g/mol. The number of aromatic nitrogens is 2. The first kappa shape index (κ1) is 19.0. The van der Waals surface area contributed by atoms with E-state index in [0.717, 1.165) is 16.4 Å². The first-order valence-corrected chi connectivity index (χ1v) is 11.2. The summed E-state index contributed by atoms with van der Waals surface area (Å²) in [5.41, 5.74) is 2.15. The number of aryl methyl sites for hydroxylation is 1. The topological polar surface area (TPSA) is 72.3 Å². The highest BCUT2D eigenvalue weighted by Gasteiger charge is 2.34. The summed E-state index contributed by atoms with van der Waals surface area (Å²) in [6, 6.07) is 7.78. The molecule has 1 aliphatic heterocycles. The van der Waals surface area contributed by atoms with Crippen molar-refractivity contribution in [3.63, 3.8) is 0 Å². The Bertz CT molecular complexity index is 908. The summed E-state index contributed by atoms with van der Waals surface area (Å²) in [4.78, 5) is 18.7. The van der Waals surface area contributed by atoms with Crippen LogP contribution in [0.2, 0.25) is 0 Å². The summed E-state index contributed by atoms with van der Waals surface area (Å²) in [7, 11) is -1.32. The van der Waals surface area contributed by atoms with Crippen molar-refractivity contribution < 1.29 is 13.2 Å². The first-order valence-electron chi connectivity index (χ1n) is 8.51. The van der Waals surface area contributed by atoms with Crippen molar-refractivity contribution in [3.8, 4) is 5.69 Å². The van der Waals surface area contributed by atoms with Gasteiger partial charge in [-0.1, -0.05) is 30.0 Å². The molecule has 1 aliphatic rings. The zero-order valence-corrected chi connectivity index (χ0v) is 16.8. The van der Waals surface area contributed by atoms with E-state index in [-0.39, 0.29) is 28.7 Å². The molecule has 0 spiro atoms. The predicted octanol–water partition coefficient (Wildman–Crippen LogP) is 2.31. The summed E-state index contributed by atoms with van der Waals surface area (Å²) in [6.45, 7) is 3.87. The van der Waals surface area contributed by atoms with Gasteiger partial charge in [0, 0.05) is 25.5 Å². The zero-order valence-electron chi connectivity index (χ0n) is 15.1. The molecule has 0 N–H and O–H groups in total. The van der Waals surface area contributed by atoms with Crippen molar-refractivity contribution in [2.24, 2.45) is 0 Å². The third-order valence-electron chi connectivity index (χ3n) is 4.72. The smallest absolute Gasteiger partial charge is 0.235 e. The molecule has 26 heavy (non-hydrogen) atoms. The molecule has 6 nitrogen and oxygen atoms in total. The van der Waals surface area contributed by atoms with Gasteiger partial charge >= 0.3 is 0 Å². The molecule has 1 aromatic carbocycles. The van der Waals surface area contributed by atoms with Crippen LogP contribution >= 0.6 is 11.8 Å². The van der Waals surface area contributed by atoms with Gasteiger partial charge in [0.15, 0.2) is 15.0 Å². The van der Waals surface area contributed by atoms with Crippen LogP contribution in [0.4, 0.5) is 0 Å². The molecule has 0 radical (unpaired) electrons. The summed E-state index contributed by atoms with van der Waals surface area (Å²) >= 11 is 1.39. The van der Waals surface area contributed by atoms with E-state index in [2.05, 4.69) is 4.98 Å². The van der Waals surface area contributed by atoms with Crippen LogP contribution in [0.1, 0.15) is 18.9 Å². The summed E-state index contributed by atoms with van der Waals surface area (Å²) in [5.74, 6) is 0.148. The fraction of sp³-hybridized carbons (Fsp3) is 0.444. The van der Waals surface area contributed by atoms with Gasteiger partial charge in [-0.2, -0.15) is 0 Å². The average molecular weight is 394 g/mol. The maximum atomic E-state index is 12.8. The Kier molecular flexibility index (Phi) is 5.43. The molecular formula is C18H23N3O3S2. The number of carbonyl (C=O) groups excluding carboxylic acids is 1. The van der Waals surface area contributed by atoms with E-state index < -0.39 is 9.84 Å². The van der Waals surface area contributed by atoms with Crippen molar-refractivity contribution in [3.05, 3.63) is 42.2 Å². The minimum atomic E-state index is -3.01. The predicted molar refractivity (Wildman–Crippen MR) is 103 cm³/mol. The standard InChI is InChI=1S/C18H23N3O3S2/c1-13-6-4-5-7-16(13)21-10-9-19-18(21)25-14(2)17(22)20(3)15-8-11-26(23,24)12-15/h4-7,9-10,14-15H,8,11-12H2,1-3H3. The number of benzene rings is 1. The van der Waals surface area contributed by atoms with Gasteiger partial charge < -0.3 is 4.90 Å². The summed E-state index contributed by atoms with van der Waals surface area (Å²) < 4.78 is 25.3. The molecule has 0 bridgehead atoms. The first-order chi connectivity index (χ1) is 12.3. The Morgan fingerprint density at radius 2 is 2.12 bits per heavy atom. The van der Waals surface area contributed by atoms with E-state index in [0.29, 0.717) is 6.42 Å². The van der Waals surface area contributed by atoms with Gasteiger partial charge in [0.1, 0.15) is 0 Å². The van der Waals surface area contributed by atoms with Gasteiger partial charge in [-0.15, -0.1) is 0 Å². The second-order valence-electron chi connectivity index (χ2n) is 6.63. The van der Waals surface area contributed by atoms with E-state index in [1.165, 1.54) is 11.8 Å². The van der Waals surface area contributed by atoms with E-state index in [9.17, 15) is 13.2 Å². The largest absolute Gasteiger partial charge is 0.341 e. The lowest BCUT2D eigenvalue weighted by Crippen LogP contribution is -2.41. The number of nitrogens with zero attached hydrogens (tertiary/aromatic N) is 3. The van der Waals surface area contributed by atoms with Crippen LogP contribution in [-0.2, 0) is 14.6 Å². The van der Waals surface area contributed by atoms with Gasteiger partial charge in [0.25, 0.3) is 0 Å². The molecule has 1 amide bonds. The highest BCUT2D eigenvalue weighted by molar-refractivity contribution is 8.00. The van der Waals surface area contributed by atoms with Crippen LogP contribution in [-0.4, -0.2) is 58.6 Å². The molecule has 3 rings (SSSR count). The van der Waals surface area contributed by atoms with Crippen molar-refractivity contribution in [2.75, 3.05) is 18.6 Å². The van der Waals surface area contributed by atoms with Crippen LogP contribution in [0.3, 0.4) is 0 Å². The monoisotopic (exact) mass is 393 g/mol. The minimum absolute atomic E-state index is 0.0600. The number of amides is 1. The average Bonchev–Trinajstić information content (AvgIpc) is 3.20. The van der Waals surface area contributed by atoms with Crippen molar-refractivity contribution in [1.82, 2.24) is 14.5 Å². The van der Waals surface area contributed by atoms with Crippen molar-refractivity contribution in [1.29, 1.82) is 0 Å². The second-order valence-corrected chi connectivity index (χ2v) is 10.2. The molecule has 2 aromatic rings. The van der Waals surface area contributed by atoms with Crippen LogP contribution in [0.5, 0.6) is 0 Å². The summed E-state index contributed by atoms with van der Waals surface area (Å²) in [5, 5.41) is 0.390. The maximum Gasteiger partial charge on any atom is 0.235 e. The lowest BCUT2D eigenvalue weighted by Gasteiger charge is -2.26. The number of sulfone groups is 1. The molecule has 2 heterocycles. The Hall–Kier alpha value is -1.80. The van der Waals surface area contributed by atoms with Crippen LogP contribution in [0.25, 0.3) is 5.69 Å². The van der Waals surface area contributed by atoms with Gasteiger partial charge in [-0.05, 0) is 31.9 Å². The SMILES string of the molecule is Cc1ccccc1-n1ccnc1SC(C)C(=O)N(C)C1CCS(=O)(=O)C1. The highest BCUT2D eigenvalue weighted by Crippen LogP contribution is 2.28. The van der Waals surface area contributed by atoms with Gasteiger partial charge in [0.2, 0.25) is 5.91 Å². The van der Waals surface area contributed by atoms with Gasteiger partial charge in [-0.25, -0.2) is 13.4 Å². The van der Waals surface area contributed by atoms with Crippen LogP contribution in [0.15, 0.2) is 41.8 Å². The van der Waals surface area contributed by atoms with E-state index >= 15 is 0 Å². The third-order valence-corrected chi connectivity index (χ3v) is 7.53. The van der Waals surface area contributed by atoms with E-state index in [1.807, 2.05) is 48.9 Å². The number of hydrogen-bond acceptors (Lipinski definition) is 5. The van der Waals surface area contributed by atoms with Crippen LogP contribution < -0.4 is 0 Å². The number of imidazole rings is 1. The van der Waals surface area contributed by atoms with Crippen LogP contribution in [0, 0.1) is 6.92 Å². The number of rotatable bonds is 5. The summed E-state index contributed by atoms with van der Waals surface area (Å²) in [6.07, 6.45) is 4.12. The molecule has 1 fully saturated rings. The van der Waals surface area contributed by atoms with Gasteiger partial charge in [-0.3, -0.25) is 9.36 Å². The Labute approximate surface area is 158 Å².